The van der Waals surface area contributed by atoms with Gasteiger partial charge in [-0.1, -0.05) is 54.6 Å². The average molecular weight is 422 g/mol. The van der Waals surface area contributed by atoms with Gasteiger partial charge < -0.3 is 10.7 Å². The number of fused-ring (bicyclic) bond motifs is 1. The number of hydrogen-bond donors (Lipinski definition) is 2. The van der Waals surface area contributed by atoms with E-state index in [1.807, 2.05) is 22.9 Å². The van der Waals surface area contributed by atoms with E-state index in [2.05, 4.69) is 72.9 Å². The second-order valence-electron chi connectivity index (χ2n) is 7.83. The van der Waals surface area contributed by atoms with Gasteiger partial charge in [0.2, 0.25) is 11.1 Å². The molecule has 3 aromatic rings. The highest BCUT2D eigenvalue weighted by Gasteiger charge is 2.37. The van der Waals surface area contributed by atoms with Crippen molar-refractivity contribution in [3.8, 4) is 0 Å². The van der Waals surface area contributed by atoms with Gasteiger partial charge in [0.05, 0.1) is 6.04 Å². The molecule has 1 aromatic heterocycles. The summed E-state index contributed by atoms with van der Waals surface area (Å²) >= 11 is 1.46. The maximum absolute atomic E-state index is 13.3. The molecule has 2 N–H and O–H groups in total. The number of aryl methyl sites for hydroxylation is 4. The Morgan fingerprint density at radius 3 is 2.57 bits per heavy atom. The molecular weight excluding hydrogens is 394 g/mol. The van der Waals surface area contributed by atoms with Crippen LogP contribution in [0.15, 0.2) is 47.6 Å². The zero-order chi connectivity index (χ0) is 21.3. The van der Waals surface area contributed by atoms with E-state index in [1.54, 1.807) is 0 Å². The zero-order valence-electron chi connectivity index (χ0n) is 17.8. The number of hydrogen-bond acceptors (Lipinski definition) is 5. The number of nitrogens with one attached hydrogen (secondary N) is 2. The lowest BCUT2D eigenvalue weighted by molar-refractivity contribution is -0.116. The molecule has 1 amide bonds. The monoisotopic (exact) mass is 421 g/mol. The van der Waals surface area contributed by atoms with Crippen LogP contribution in [0.2, 0.25) is 0 Å². The smallest absolute Gasteiger partial charge is 0.240 e. The summed E-state index contributed by atoms with van der Waals surface area (Å²) in [5.74, 6) is 0.845. The molecule has 30 heavy (non-hydrogen) atoms. The summed E-state index contributed by atoms with van der Waals surface area (Å²) in [7, 11) is 0. The largest absolute Gasteiger partial charge is 0.325 e. The quantitative estimate of drug-likeness (QED) is 0.632. The molecule has 0 unspecified atom stereocenters. The first-order valence-electron chi connectivity index (χ1n) is 10.3. The number of carbonyl (C=O) groups is 1. The van der Waals surface area contributed by atoms with Crippen molar-refractivity contribution < 1.29 is 4.79 Å². The molecule has 0 aliphatic carbocycles. The maximum atomic E-state index is 13.3. The van der Waals surface area contributed by atoms with Crippen molar-refractivity contribution >= 4 is 23.4 Å². The molecule has 0 fully saturated rings. The van der Waals surface area contributed by atoms with Crippen LogP contribution in [0.4, 0.5) is 5.69 Å². The molecule has 1 aliphatic heterocycles. The van der Waals surface area contributed by atoms with Gasteiger partial charge in [-0.3, -0.25) is 4.79 Å². The minimum atomic E-state index is -0.375. The molecule has 156 valence electrons. The van der Waals surface area contributed by atoms with E-state index in [0.29, 0.717) is 0 Å². The van der Waals surface area contributed by atoms with Crippen molar-refractivity contribution in [2.75, 3.05) is 10.7 Å². The highest BCUT2D eigenvalue weighted by atomic mass is 32.2. The Hall–Kier alpha value is -2.80. The molecule has 4 rings (SSSR count). The molecule has 0 bridgehead atoms. The topological polar surface area (TPSA) is 71.8 Å². The van der Waals surface area contributed by atoms with Gasteiger partial charge in [0.15, 0.2) is 5.82 Å². The molecule has 0 radical (unpaired) electrons. The van der Waals surface area contributed by atoms with E-state index in [1.165, 1.54) is 22.9 Å². The van der Waals surface area contributed by atoms with Crippen LogP contribution in [0.1, 0.15) is 47.5 Å². The summed E-state index contributed by atoms with van der Waals surface area (Å²) in [5, 5.41) is 12.1. The van der Waals surface area contributed by atoms with Crippen LogP contribution in [0, 0.1) is 20.8 Å². The first kappa shape index (κ1) is 20.5. The van der Waals surface area contributed by atoms with Crippen LogP contribution in [0.5, 0.6) is 0 Å². The molecule has 2 aromatic carbocycles. The summed E-state index contributed by atoms with van der Waals surface area (Å²) in [5.41, 5.74) is 8.94. The van der Waals surface area contributed by atoms with Gasteiger partial charge in [-0.25, -0.2) is 4.68 Å². The molecular formula is C23H27N5OS. The number of anilines is 1. The summed E-state index contributed by atoms with van der Waals surface area (Å²) in [6, 6.07) is 14.1. The fourth-order valence-electron chi connectivity index (χ4n) is 3.54. The van der Waals surface area contributed by atoms with Crippen molar-refractivity contribution in [1.29, 1.82) is 0 Å². The summed E-state index contributed by atoms with van der Waals surface area (Å²) in [6.07, 6.45) is 1.82. The van der Waals surface area contributed by atoms with Crippen LogP contribution in [0.25, 0.3) is 0 Å². The summed E-state index contributed by atoms with van der Waals surface area (Å²) in [4.78, 5) is 13.3. The van der Waals surface area contributed by atoms with Crippen LogP contribution in [-0.2, 0) is 11.2 Å². The molecule has 7 heteroatoms. The number of benzene rings is 2. The number of nitrogens with zero attached hydrogens (tertiary/aromatic N) is 3. The van der Waals surface area contributed by atoms with Crippen LogP contribution in [0.3, 0.4) is 0 Å². The molecule has 0 spiro atoms. The van der Waals surface area contributed by atoms with Gasteiger partial charge in [0.1, 0.15) is 5.25 Å². The van der Waals surface area contributed by atoms with Crippen molar-refractivity contribution in [2.24, 2.45) is 0 Å². The van der Waals surface area contributed by atoms with E-state index in [4.69, 9.17) is 0 Å². The van der Waals surface area contributed by atoms with Crippen molar-refractivity contribution in [2.45, 2.75) is 57.0 Å². The standard InChI is InChI=1S/C23H27N5OS/c1-5-6-19-25-26-23-28(19)27-20(17-10-7-14(2)8-11-17)21(30-23)22(29)24-18-12-9-15(3)16(4)13-18/h7-13,20-21,27H,5-6H2,1-4H3,(H,24,29)/t20-,21+/m1/s1. The average Bonchev–Trinajstić information content (AvgIpc) is 3.12. The first-order valence-corrected chi connectivity index (χ1v) is 11.2. The van der Waals surface area contributed by atoms with Crippen LogP contribution >= 0.6 is 11.8 Å². The predicted octanol–water partition coefficient (Wildman–Crippen LogP) is 4.55. The first-order chi connectivity index (χ1) is 14.5. The fourth-order valence-corrected chi connectivity index (χ4v) is 4.64. The maximum Gasteiger partial charge on any atom is 0.240 e. The second kappa shape index (κ2) is 8.52. The highest BCUT2D eigenvalue weighted by molar-refractivity contribution is 8.00. The summed E-state index contributed by atoms with van der Waals surface area (Å²) < 4.78 is 1.94. The lowest BCUT2D eigenvalue weighted by Crippen LogP contribution is -2.41. The number of aromatic nitrogens is 3. The third-order valence-electron chi connectivity index (χ3n) is 5.45. The van der Waals surface area contributed by atoms with Crippen LogP contribution < -0.4 is 10.7 Å². The Labute approximate surface area is 181 Å². The number of carbonyl (C=O) groups excluding carboxylic acids is 1. The number of thioether (sulfide) groups is 1. The van der Waals surface area contributed by atoms with E-state index < -0.39 is 0 Å². The van der Waals surface area contributed by atoms with E-state index >= 15 is 0 Å². The summed E-state index contributed by atoms with van der Waals surface area (Å²) in [6.45, 7) is 8.30. The van der Waals surface area contributed by atoms with E-state index in [9.17, 15) is 4.79 Å². The normalized spacial score (nSPS) is 17.9. The van der Waals surface area contributed by atoms with Gasteiger partial charge in [-0.15, -0.1) is 10.2 Å². The lowest BCUT2D eigenvalue weighted by Gasteiger charge is -2.33. The molecule has 0 saturated heterocycles. The van der Waals surface area contributed by atoms with Crippen molar-refractivity contribution in [3.63, 3.8) is 0 Å². The Balaban J connectivity index is 1.66. The fraction of sp³-hybridized carbons (Fsp3) is 0.348. The lowest BCUT2D eigenvalue weighted by atomic mass is 10.0. The molecule has 2 heterocycles. The van der Waals surface area contributed by atoms with Gasteiger partial charge in [-0.2, -0.15) is 0 Å². The third kappa shape index (κ3) is 4.07. The second-order valence-corrected chi connectivity index (χ2v) is 8.94. The Kier molecular flexibility index (Phi) is 5.81. The van der Waals surface area contributed by atoms with Crippen molar-refractivity contribution in [3.05, 3.63) is 70.5 Å². The van der Waals surface area contributed by atoms with Gasteiger partial charge >= 0.3 is 0 Å². The van der Waals surface area contributed by atoms with E-state index in [-0.39, 0.29) is 17.2 Å². The van der Waals surface area contributed by atoms with Crippen molar-refractivity contribution in [1.82, 2.24) is 14.9 Å². The molecule has 0 saturated carbocycles. The molecule has 1 aliphatic rings. The van der Waals surface area contributed by atoms with E-state index in [0.717, 1.165) is 40.6 Å². The van der Waals surface area contributed by atoms with Crippen LogP contribution in [-0.4, -0.2) is 26.0 Å². The Morgan fingerprint density at radius 1 is 1.10 bits per heavy atom. The SMILES string of the molecule is CCCc1nnc2n1N[C@H](c1ccc(C)cc1)[C@@H](C(=O)Nc1ccc(C)c(C)c1)S2. The Bertz CT molecular complexity index is 1060. The zero-order valence-corrected chi connectivity index (χ0v) is 18.6. The predicted molar refractivity (Wildman–Crippen MR) is 121 cm³/mol. The van der Waals surface area contributed by atoms with Gasteiger partial charge in [0, 0.05) is 12.1 Å². The highest BCUT2D eigenvalue weighted by Crippen LogP contribution is 2.37. The molecule has 2 atom stereocenters. The number of amides is 1. The Morgan fingerprint density at radius 2 is 1.87 bits per heavy atom. The molecule has 6 nitrogen and oxygen atoms in total. The van der Waals surface area contributed by atoms with Gasteiger partial charge in [0.25, 0.3) is 0 Å². The van der Waals surface area contributed by atoms with Gasteiger partial charge in [-0.05, 0) is 56.0 Å². The minimum Gasteiger partial charge on any atom is -0.325 e. The number of rotatable bonds is 5. The third-order valence-corrected chi connectivity index (χ3v) is 6.66. The minimum absolute atomic E-state index is 0.0485.